The van der Waals surface area contributed by atoms with Crippen LogP contribution < -0.4 is 26.6 Å². The molecule has 11 nitrogen and oxygen atoms in total. The highest BCUT2D eigenvalue weighted by Crippen LogP contribution is 2.29. The summed E-state index contributed by atoms with van der Waals surface area (Å²) in [5.74, 6) is -0.507. The zero-order chi connectivity index (χ0) is 21.0. The van der Waals surface area contributed by atoms with Gasteiger partial charge < -0.3 is 21.0 Å². The van der Waals surface area contributed by atoms with Crippen molar-refractivity contribution in [2.24, 2.45) is 0 Å². The Bertz CT molecular complexity index is 995. The molecule has 1 heterocycles. The first-order chi connectivity index (χ1) is 13.8. The van der Waals surface area contributed by atoms with Crippen LogP contribution in [-0.2, 0) is 0 Å². The highest BCUT2D eigenvalue weighted by atomic mass is 32.1. The normalized spacial score (nSPS) is 10.4. The minimum atomic E-state index is -0.683. The van der Waals surface area contributed by atoms with Crippen molar-refractivity contribution in [3.05, 3.63) is 69.5 Å². The van der Waals surface area contributed by atoms with E-state index in [-0.39, 0.29) is 22.3 Å². The fraction of sp³-hybridized carbons (Fsp3) is 0.0588. The number of benzene rings is 2. The number of hydrogen-bond acceptors (Lipinski definition) is 11. The van der Waals surface area contributed by atoms with Gasteiger partial charge in [0.05, 0.1) is 11.4 Å². The van der Waals surface area contributed by atoms with Crippen molar-refractivity contribution >= 4 is 45.1 Å². The molecule has 3 rings (SSSR count). The predicted molar refractivity (Wildman–Crippen MR) is 109 cm³/mol. The number of aryl methyl sites for hydroxylation is 1. The lowest BCUT2D eigenvalue weighted by molar-refractivity contribution is 0.0295. The Balaban J connectivity index is 1.71. The van der Waals surface area contributed by atoms with E-state index in [1.165, 1.54) is 6.07 Å². The summed E-state index contributed by atoms with van der Waals surface area (Å²) < 4.78 is 0. The summed E-state index contributed by atoms with van der Waals surface area (Å²) in [5.41, 5.74) is 5.64. The van der Waals surface area contributed by atoms with Crippen molar-refractivity contribution in [1.82, 2.24) is 10.4 Å². The molecule has 3 aromatic rings. The van der Waals surface area contributed by atoms with Crippen LogP contribution in [0.5, 0.6) is 0 Å². The molecule has 0 spiro atoms. The van der Waals surface area contributed by atoms with Crippen molar-refractivity contribution in [2.45, 2.75) is 6.92 Å². The van der Waals surface area contributed by atoms with E-state index in [4.69, 9.17) is 0 Å². The maximum atomic E-state index is 12.5. The summed E-state index contributed by atoms with van der Waals surface area (Å²) >= 11 is 1.14. The Morgan fingerprint density at radius 2 is 1.86 bits per heavy atom. The van der Waals surface area contributed by atoms with Gasteiger partial charge >= 0.3 is 0 Å². The van der Waals surface area contributed by atoms with Gasteiger partial charge in [-0.05, 0) is 37.3 Å². The Hall–Kier alpha value is -3.42. The second-order valence-electron chi connectivity index (χ2n) is 5.75. The summed E-state index contributed by atoms with van der Waals surface area (Å²) in [4.78, 5) is 17.1. The third kappa shape index (κ3) is 4.90. The molecule has 29 heavy (non-hydrogen) atoms. The molecule has 0 saturated heterocycles. The average molecular weight is 416 g/mol. The first-order valence-electron chi connectivity index (χ1n) is 8.17. The number of aromatic nitrogens is 1. The third-order valence-electron chi connectivity index (χ3n) is 3.75. The summed E-state index contributed by atoms with van der Waals surface area (Å²) in [6, 6.07) is 12.7. The van der Waals surface area contributed by atoms with Gasteiger partial charge in [0.15, 0.2) is 5.13 Å². The van der Waals surface area contributed by atoms with Crippen LogP contribution in [0.15, 0.2) is 48.5 Å². The van der Waals surface area contributed by atoms with E-state index in [2.05, 4.69) is 21.2 Å². The number of carbonyl (C=O) groups excluding carboxylic acids is 1. The van der Waals surface area contributed by atoms with Crippen molar-refractivity contribution in [3.63, 3.8) is 0 Å². The molecular weight excluding hydrogens is 400 g/mol. The molecular formula is C17H16N6O5S-2. The Labute approximate surface area is 168 Å². The summed E-state index contributed by atoms with van der Waals surface area (Å²) in [5, 5.41) is 42.9. The topological polar surface area (TPSA) is 159 Å². The Morgan fingerprint density at radius 3 is 2.52 bits per heavy atom. The SMILES string of the molecule is Cc1nc(Nc2ccccc2)sc1C(=O)NNc1ccc(N([O-])[O-])cc1N(O)O. The zero-order valence-electron chi connectivity index (χ0n) is 15.0. The molecule has 1 aromatic heterocycles. The molecule has 0 radical (unpaired) electrons. The van der Waals surface area contributed by atoms with E-state index in [0.717, 1.165) is 29.2 Å². The number of rotatable bonds is 7. The standard InChI is InChI=1S/C17H16N6O5S/c1-10-15(29-17(18-10)19-11-5-3-2-4-6-11)16(24)21-20-13-8-7-12(22(25)26)9-14(13)23(27)28/h2-9,20,27-28H,1H3,(H,18,19)(H,21,24)/q-2. The van der Waals surface area contributed by atoms with Crippen LogP contribution in [0, 0.1) is 17.3 Å². The smallest absolute Gasteiger partial charge is 0.281 e. The van der Waals surface area contributed by atoms with E-state index >= 15 is 0 Å². The van der Waals surface area contributed by atoms with Gasteiger partial charge in [-0.3, -0.25) is 26.1 Å². The maximum absolute atomic E-state index is 12.5. The van der Waals surface area contributed by atoms with Gasteiger partial charge in [-0.15, -0.1) is 5.23 Å². The number of anilines is 5. The van der Waals surface area contributed by atoms with Gasteiger partial charge in [-0.2, -0.15) is 0 Å². The molecule has 1 amide bonds. The number of thiazole rings is 1. The van der Waals surface area contributed by atoms with Crippen molar-refractivity contribution < 1.29 is 15.2 Å². The molecule has 5 N–H and O–H groups in total. The summed E-state index contributed by atoms with van der Waals surface area (Å²) in [7, 11) is 0. The predicted octanol–water partition coefficient (Wildman–Crippen LogP) is 3.34. The van der Waals surface area contributed by atoms with E-state index in [9.17, 15) is 25.6 Å². The fourth-order valence-electron chi connectivity index (χ4n) is 2.39. The van der Waals surface area contributed by atoms with E-state index in [1.54, 1.807) is 6.92 Å². The Morgan fingerprint density at radius 1 is 1.14 bits per heavy atom. The number of para-hydroxylation sites is 1. The summed E-state index contributed by atoms with van der Waals surface area (Å²) in [6.07, 6.45) is 0. The second-order valence-corrected chi connectivity index (χ2v) is 6.75. The number of hydrazine groups is 1. The minimum absolute atomic E-state index is 0.0405. The van der Waals surface area contributed by atoms with Gasteiger partial charge in [0.25, 0.3) is 5.91 Å². The van der Waals surface area contributed by atoms with Crippen LogP contribution >= 0.6 is 11.3 Å². The maximum Gasteiger partial charge on any atom is 0.281 e. The average Bonchev–Trinajstić information content (AvgIpc) is 3.06. The second kappa shape index (κ2) is 8.72. The lowest BCUT2D eigenvalue weighted by atomic mass is 10.2. The van der Waals surface area contributed by atoms with Gasteiger partial charge in [-0.1, -0.05) is 29.5 Å². The molecule has 0 aliphatic rings. The lowest BCUT2D eigenvalue weighted by Crippen LogP contribution is -2.30. The van der Waals surface area contributed by atoms with Crippen LogP contribution in [0.4, 0.5) is 27.9 Å². The van der Waals surface area contributed by atoms with Crippen molar-refractivity contribution in [1.29, 1.82) is 0 Å². The lowest BCUT2D eigenvalue weighted by Gasteiger charge is -2.38. The number of nitrogens with one attached hydrogen (secondary N) is 3. The zero-order valence-corrected chi connectivity index (χ0v) is 15.8. The number of hydrogen-bond donors (Lipinski definition) is 5. The molecule has 0 unspecified atom stereocenters. The monoisotopic (exact) mass is 416 g/mol. The van der Waals surface area contributed by atoms with Crippen LogP contribution in [0.25, 0.3) is 0 Å². The molecule has 12 heteroatoms. The fourth-order valence-corrected chi connectivity index (χ4v) is 3.27. The van der Waals surface area contributed by atoms with Gasteiger partial charge in [0, 0.05) is 11.4 Å². The van der Waals surface area contributed by atoms with Crippen molar-refractivity contribution in [3.8, 4) is 0 Å². The van der Waals surface area contributed by atoms with Crippen LogP contribution in [0.3, 0.4) is 0 Å². The van der Waals surface area contributed by atoms with E-state index < -0.39 is 11.1 Å². The quantitative estimate of drug-likeness (QED) is 0.361. The molecule has 0 aliphatic carbocycles. The Kier molecular flexibility index (Phi) is 6.11. The number of nitrogens with zero attached hydrogens (tertiary/aromatic N) is 3. The van der Waals surface area contributed by atoms with Crippen LogP contribution in [-0.4, -0.2) is 21.3 Å². The molecule has 0 aliphatic heterocycles. The third-order valence-corrected chi connectivity index (χ3v) is 4.82. The molecule has 0 bridgehead atoms. The number of amides is 1. The highest BCUT2D eigenvalue weighted by molar-refractivity contribution is 7.17. The molecule has 0 saturated carbocycles. The summed E-state index contributed by atoms with van der Waals surface area (Å²) in [6.45, 7) is 1.68. The van der Waals surface area contributed by atoms with E-state index in [0.29, 0.717) is 15.7 Å². The van der Waals surface area contributed by atoms with Crippen LogP contribution in [0.1, 0.15) is 15.4 Å². The van der Waals surface area contributed by atoms with Gasteiger partial charge in [0.1, 0.15) is 10.6 Å². The number of carbonyl (C=O) groups is 1. The van der Waals surface area contributed by atoms with Gasteiger partial charge in [-0.25, -0.2) is 4.98 Å². The first kappa shape index (κ1) is 20.3. The highest BCUT2D eigenvalue weighted by Gasteiger charge is 2.16. The van der Waals surface area contributed by atoms with Crippen molar-refractivity contribution in [2.75, 3.05) is 21.2 Å². The molecule has 2 aromatic carbocycles. The van der Waals surface area contributed by atoms with Gasteiger partial charge in [0.2, 0.25) is 0 Å². The first-order valence-corrected chi connectivity index (χ1v) is 8.99. The molecule has 152 valence electrons. The molecule has 0 atom stereocenters. The molecule has 0 fully saturated rings. The largest absolute Gasteiger partial charge is 0.769 e. The minimum Gasteiger partial charge on any atom is -0.769 e. The van der Waals surface area contributed by atoms with E-state index in [1.807, 2.05) is 30.3 Å². The van der Waals surface area contributed by atoms with Crippen LogP contribution in [0.2, 0.25) is 0 Å².